The average molecular weight is 481 g/mol. The van der Waals surface area contributed by atoms with Crippen LogP contribution >= 0.6 is 34.8 Å². The molecular formula is C21H19Cl3F3NO2. The van der Waals surface area contributed by atoms with Gasteiger partial charge in [0.25, 0.3) is 0 Å². The fourth-order valence-electron chi connectivity index (χ4n) is 2.20. The Morgan fingerprint density at radius 1 is 1.07 bits per heavy atom. The monoisotopic (exact) mass is 479 g/mol. The smallest absolute Gasteiger partial charge is 0.370 e. The molecule has 1 unspecified atom stereocenters. The Balaban J connectivity index is 0.000000804. The molecule has 0 saturated heterocycles. The van der Waals surface area contributed by atoms with E-state index in [0.29, 0.717) is 17.5 Å². The number of benzene rings is 2. The molecule has 0 heterocycles. The Hall–Kier alpha value is -2.02. The van der Waals surface area contributed by atoms with Crippen molar-refractivity contribution in [3.05, 3.63) is 74.2 Å². The van der Waals surface area contributed by atoms with E-state index in [-0.39, 0.29) is 32.3 Å². The summed E-state index contributed by atoms with van der Waals surface area (Å²) in [6, 6.07) is 8.56. The highest BCUT2D eigenvalue weighted by Crippen LogP contribution is 2.41. The van der Waals surface area contributed by atoms with Crippen molar-refractivity contribution >= 4 is 52.6 Å². The van der Waals surface area contributed by atoms with E-state index >= 15 is 0 Å². The Morgan fingerprint density at radius 3 is 1.90 bits per heavy atom. The van der Waals surface area contributed by atoms with Crippen LogP contribution in [-0.4, -0.2) is 17.9 Å². The molecule has 0 aliphatic rings. The van der Waals surface area contributed by atoms with E-state index in [1.54, 1.807) is 31.2 Å². The summed E-state index contributed by atoms with van der Waals surface area (Å²) in [5, 5.41) is -0.0768. The van der Waals surface area contributed by atoms with Crippen LogP contribution in [0.5, 0.6) is 0 Å². The van der Waals surface area contributed by atoms with Gasteiger partial charge in [-0.25, -0.2) is 0 Å². The number of nitrogens with two attached hydrogens (primary N) is 1. The molecule has 2 N–H and O–H groups in total. The Bertz CT molecular complexity index is 903. The first-order valence-corrected chi connectivity index (χ1v) is 9.78. The number of hydrogen-bond donors (Lipinski definition) is 1. The number of carbonyl (C=O) groups is 2. The number of allylic oxidation sites excluding steroid dienone is 1. The summed E-state index contributed by atoms with van der Waals surface area (Å²) >= 11 is 17.5. The molecule has 2 rings (SSSR count). The molecule has 0 bridgehead atoms. The van der Waals surface area contributed by atoms with Gasteiger partial charge in [-0.1, -0.05) is 78.1 Å². The van der Waals surface area contributed by atoms with Crippen molar-refractivity contribution in [3.8, 4) is 0 Å². The maximum Gasteiger partial charge on any atom is 0.399 e. The molecule has 0 fully saturated rings. The number of halogens is 6. The van der Waals surface area contributed by atoms with E-state index in [9.17, 15) is 22.8 Å². The number of ketones is 1. The van der Waals surface area contributed by atoms with Gasteiger partial charge >= 0.3 is 6.18 Å². The highest BCUT2D eigenvalue weighted by molar-refractivity contribution is 6.48. The van der Waals surface area contributed by atoms with Crippen LogP contribution in [0, 0.1) is 0 Å². The van der Waals surface area contributed by atoms with Crippen LogP contribution < -0.4 is 5.73 Å². The summed E-state index contributed by atoms with van der Waals surface area (Å²) in [5.74, 6) is -2.26. The molecule has 30 heavy (non-hydrogen) atoms. The zero-order valence-electron chi connectivity index (χ0n) is 16.1. The predicted octanol–water partition coefficient (Wildman–Crippen LogP) is 7.09. The van der Waals surface area contributed by atoms with Crippen molar-refractivity contribution in [2.24, 2.45) is 5.73 Å². The van der Waals surface area contributed by atoms with Crippen molar-refractivity contribution in [3.63, 3.8) is 0 Å². The number of carbonyl (C=O) groups excluding carboxylic acids is 2. The maximum atomic E-state index is 13.4. The van der Waals surface area contributed by atoms with Crippen LogP contribution in [0.2, 0.25) is 15.1 Å². The quantitative estimate of drug-likeness (QED) is 0.367. The van der Waals surface area contributed by atoms with Crippen LogP contribution in [0.15, 0.2) is 42.5 Å². The first kappa shape index (κ1) is 26.0. The van der Waals surface area contributed by atoms with E-state index in [2.05, 4.69) is 5.73 Å². The molecule has 162 valence electrons. The van der Waals surface area contributed by atoms with Gasteiger partial charge < -0.3 is 5.73 Å². The molecular weight excluding hydrogens is 462 g/mol. The third-order valence-electron chi connectivity index (χ3n) is 3.86. The number of primary amides is 1. The summed E-state index contributed by atoms with van der Waals surface area (Å²) in [7, 11) is 0. The summed E-state index contributed by atoms with van der Waals surface area (Å²) in [6.45, 7) is 3.14. The second-order valence-electron chi connectivity index (χ2n) is 6.17. The highest BCUT2D eigenvalue weighted by atomic mass is 35.5. The fraction of sp³-hybridized carbons (Fsp3) is 0.238. The molecule has 3 nitrogen and oxygen atoms in total. The SMILES string of the molecule is CC(=O)c1ccc(/C=C/C(c2cc(Cl)c(Cl)c(Cl)c2)C(F)(F)F)cc1.CCC(N)=O. The van der Waals surface area contributed by atoms with Gasteiger partial charge in [0.1, 0.15) is 0 Å². The number of alkyl halides is 3. The van der Waals surface area contributed by atoms with Gasteiger partial charge in [0.2, 0.25) is 5.91 Å². The lowest BCUT2D eigenvalue weighted by molar-refractivity contribution is -0.139. The van der Waals surface area contributed by atoms with Crippen LogP contribution in [-0.2, 0) is 4.79 Å². The minimum Gasteiger partial charge on any atom is -0.370 e. The molecule has 2 aromatic carbocycles. The molecule has 0 spiro atoms. The van der Waals surface area contributed by atoms with Gasteiger partial charge in [-0.15, -0.1) is 0 Å². The van der Waals surface area contributed by atoms with Gasteiger partial charge in [-0.3, -0.25) is 9.59 Å². The average Bonchev–Trinajstić information content (AvgIpc) is 2.66. The normalized spacial score (nSPS) is 12.3. The summed E-state index contributed by atoms with van der Waals surface area (Å²) in [4.78, 5) is 20.8. The van der Waals surface area contributed by atoms with Crippen LogP contribution in [0.25, 0.3) is 6.08 Å². The summed E-state index contributed by atoms with van der Waals surface area (Å²) in [6.07, 6.45) is -1.74. The van der Waals surface area contributed by atoms with E-state index in [1.807, 2.05) is 0 Å². The largest absolute Gasteiger partial charge is 0.399 e. The molecule has 0 aromatic heterocycles. The van der Waals surface area contributed by atoms with Crippen molar-refractivity contribution in [1.82, 2.24) is 0 Å². The molecule has 1 atom stereocenters. The molecule has 9 heteroatoms. The van der Waals surface area contributed by atoms with Crippen molar-refractivity contribution in [2.45, 2.75) is 32.4 Å². The highest BCUT2D eigenvalue weighted by Gasteiger charge is 2.39. The van der Waals surface area contributed by atoms with Gasteiger partial charge in [0.05, 0.1) is 21.0 Å². The lowest BCUT2D eigenvalue weighted by Gasteiger charge is -2.18. The number of rotatable bonds is 5. The Kier molecular flexibility index (Phi) is 9.88. The van der Waals surface area contributed by atoms with Crippen molar-refractivity contribution in [1.29, 1.82) is 0 Å². The molecule has 0 saturated carbocycles. The van der Waals surface area contributed by atoms with Crippen LogP contribution in [0.3, 0.4) is 0 Å². The third-order valence-corrected chi connectivity index (χ3v) is 5.06. The molecule has 0 aliphatic carbocycles. The molecule has 0 aliphatic heterocycles. The van der Waals surface area contributed by atoms with Crippen molar-refractivity contribution in [2.75, 3.05) is 0 Å². The van der Waals surface area contributed by atoms with Gasteiger partial charge in [-0.05, 0) is 30.2 Å². The molecule has 2 aromatic rings. The molecule has 0 radical (unpaired) electrons. The minimum atomic E-state index is -4.53. The maximum absolute atomic E-state index is 13.4. The number of Topliss-reactive ketones (excluding diaryl/α,β-unsaturated/α-hetero) is 1. The fourth-order valence-corrected chi connectivity index (χ4v) is 2.81. The first-order chi connectivity index (χ1) is 13.9. The summed E-state index contributed by atoms with van der Waals surface area (Å²) in [5.41, 5.74) is 5.56. The molecule has 1 amide bonds. The van der Waals surface area contributed by atoms with E-state index in [4.69, 9.17) is 34.8 Å². The number of hydrogen-bond acceptors (Lipinski definition) is 2. The second-order valence-corrected chi connectivity index (χ2v) is 7.37. The van der Waals surface area contributed by atoms with Gasteiger partial charge in [0, 0.05) is 12.0 Å². The van der Waals surface area contributed by atoms with Gasteiger partial charge in [-0.2, -0.15) is 13.2 Å². The van der Waals surface area contributed by atoms with Crippen molar-refractivity contribution < 1.29 is 22.8 Å². The lowest BCUT2D eigenvalue weighted by Crippen LogP contribution is -2.19. The first-order valence-electron chi connectivity index (χ1n) is 8.65. The zero-order chi connectivity index (χ0) is 23.1. The van der Waals surface area contributed by atoms with Crippen LogP contribution in [0.1, 0.15) is 47.7 Å². The topological polar surface area (TPSA) is 60.2 Å². The number of amides is 1. The second kappa shape index (κ2) is 11.4. The predicted molar refractivity (Wildman–Crippen MR) is 115 cm³/mol. The third kappa shape index (κ3) is 8.01. The van der Waals surface area contributed by atoms with Gasteiger partial charge in [0.15, 0.2) is 5.78 Å². The van der Waals surface area contributed by atoms with E-state index in [1.165, 1.54) is 13.0 Å². The minimum absolute atomic E-state index is 0.0109. The zero-order valence-corrected chi connectivity index (χ0v) is 18.3. The Morgan fingerprint density at radius 2 is 1.53 bits per heavy atom. The van der Waals surface area contributed by atoms with E-state index < -0.39 is 12.1 Å². The Labute approximate surface area is 187 Å². The lowest BCUT2D eigenvalue weighted by atomic mass is 9.97. The van der Waals surface area contributed by atoms with E-state index in [0.717, 1.165) is 18.2 Å². The summed E-state index contributed by atoms with van der Waals surface area (Å²) < 4.78 is 40.3. The standard InChI is InChI=1S/C18H12Cl3F3O.C3H7NO/c1-10(25)12-5-2-11(3-6-12)4-7-14(18(22,23)24)13-8-15(19)17(21)16(20)9-13;1-2-3(4)5/h2-9,14H,1H3;2H2,1H3,(H2,4,5)/b7-4+;. The van der Waals surface area contributed by atoms with Crippen LogP contribution in [0.4, 0.5) is 13.2 Å².